The number of hydrogen-bond acceptors (Lipinski definition) is 2. The van der Waals surface area contributed by atoms with Gasteiger partial charge in [0.1, 0.15) is 5.69 Å². The van der Waals surface area contributed by atoms with Crippen LogP contribution in [-0.2, 0) is 0 Å². The molecule has 100 valence electrons. The van der Waals surface area contributed by atoms with Crippen molar-refractivity contribution >= 4 is 5.91 Å². The fourth-order valence-corrected chi connectivity index (χ4v) is 2.34. The van der Waals surface area contributed by atoms with E-state index in [1.54, 1.807) is 0 Å². The smallest absolute Gasteiger partial charge is 0.268 e. The van der Waals surface area contributed by atoms with E-state index in [1.165, 1.54) is 19.3 Å². The van der Waals surface area contributed by atoms with Crippen molar-refractivity contribution < 1.29 is 9.90 Å². The third-order valence-electron chi connectivity index (χ3n) is 3.65. The fraction of sp³-hybridized carbons (Fsp3) is 0.643. The van der Waals surface area contributed by atoms with E-state index in [4.69, 9.17) is 5.11 Å². The highest BCUT2D eigenvalue weighted by molar-refractivity contribution is 5.93. The van der Waals surface area contributed by atoms with Crippen molar-refractivity contribution in [3.05, 3.63) is 24.0 Å². The number of aliphatic hydroxyl groups is 1. The maximum absolute atomic E-state index is 12.2. The average molecular weight is 250 g/mol. The molecular weight excluding hydrogens is 228 g/mol. The number of nitrogens with one attached hydrogen (secondary N) is 1. The maximum atomic E-state index is 12.2. The second-order valence-electron chi connectivity index (χ2n) is 5.13. The van der Waals surface area contributed by atoms with Crippen molar-refractivity contribution in [3.63, 3.8) is 0 Å². The van der Waals surface area contributed by atoms with Crippen LogP contribution in [0.2, 0.25) is 0 Å². The van der Waals surface area contributed by atoms with Crippen LogP contribution in [0.1, 0.15) is 55.6 Å². The Balaban J connectivity index is 1.94. The van der Waals surface area contributed by atoms with Gasteiger partial charge >= 0.3 is 0 Å². The lowest BCUT2D eigenvalue weighted by atomic mass is 9.93. The van der Waals surface area contributed by atoms with Crippen LogP contribution in [0.4, 0.5) is 0 Å². The zero-order chi connectivity index (χ0) is 13.0. The third-order valence-corrected chi connectivity index (χ3v) is 3.65. The molecule has 1 aromatic rings. The van der Waals surface area contributed by atoms with Crippen LogP contribution in [0.15, 0.2) is 18.3 Å². The normalized spacial score (nSPS) is 17.2. The Labute approximate surface area is 108 Å². The first-order valence-electron chi connectivity index (χ1n) is 6.81. The summed E-state index contributed by atoms with van der Waals surface area (Å²) in [6.07, 6.45) is 7.15. The summed E-state index contributed by atoms with van der Waals surface area (Å²) in [6.45, 7) is 2.16. The van der Waals surface area contributed by atoms with Gasteiger partial charge in [-0.25, -0.2) is 0 Å². The zero-order valence-corrected chi connectivity index (χ0v) is 10.9. The second-order valence-corrected chi connectivity index (χ2v) is 5.13. The fourth-order valence-electron chi connectivity index (χ4n) is 2.34. The molecule has 1 heterocycles. The van der Waals surface area contributed by atoms with Crippen LogP contribution < -0.4 is 5.32 Å². The molecule has 1 aliphatic carbocycles. The Morgan fingerprint density at radius 2 is 2.39 bits per heavy atom. The summed E-state index contributed by atoms with van der Waals surface area (Å²) in [5.41, 5.74) is 0.760. The lowest BCUT2D eigenvalue weighted by molar-refractivity contribution is 0.0921. The number of amides is 1. The highest BCUT2D eigenvalue weighted by Crippen LogP contribution is 2.32. The lowest BCUT2D eigenvalue weighted by Crippen LogP contribution is -2.35. The number of aromatic nitrogens is 1. The van der Waals surface area contributed by atoms with Crippen LogP contribution in [0.5, 0.6) is 0 Å². The molecule has 0 bridgehead atoms. The number of hydrogen-bond donors (Lipinski definition) is 2. The molecule has 1 aromatic heterocycles. The molecule has 1 aliphatic rings. The van der Waals surface area contributed by atoms with E-state index in [1.807, 2.05) is 25.3 Å². The molecule has 18 heavy (non-hydrogen) atoms. The molecule has 1 saturated carbocycles. The largest absolute Gasteiger partial charge is 0.396 e. The van der Waals surface area contributed by atoms with Crippen LogP contribution in [0.3, 0.4) is 0 Å². The maximum Gasteiger partial charge on any atom is 0.268 e. The predicted octanol–water partition coefficient (Wildman–Crippen LogP) is 2.10. The average Bonchev–Trinajstić information content (AvgIpc) is 2.73. The second kappa shape index (κ2) is 6.05. The Hall–Kier alpha value is -1.29. The first kappa shape index (κ1) is 13.1. The minimum atomic E-state index is -0.00246. The van der Waals surface area contributed by atoms with Crippen molar-refractivity contribution in [2.24, 2.45) is 0 Å². The number of rotatable bonds is 6. The van der Waals surface area contributed by atoms with E-state index in [-0.39, 0.29) is 18.6 Å². The molecule has 0 aliphatic heterocycles. The molecule has 1 unspecified atom stereocenters. The Kier molecular flexibility index (Phi) is 4.42. The molecule has 4 heteroatoms. The van der Waals surface area contributed by atoms with Crippen molar-refractivity contribution in [3.8, 4) is 0 Å². The minimum Gasteiger partial charge on any atom is -0.396 e. The summed E-state index contributed by atoms with van der Waals surface area (Å²) in [6, 6.07) is 4.43. The van der Waals surface area contributed by atoms with Gasteiger partial charge in [0, 0.05) is 24.9 Å². The van der Waals surface area contributed by atoms with Crippen molar-refractivity contribution in [1.29, 1.82) is 0 Å². The topological polar surface area (TPSA) is 54.3 Å². The van der Waals surface area contributed by atoms with E-state index in [2.05, 4.69) is 9.88 Å². The van der Waals surface area contributed by atoms with Crippen LogP contribution >= 0.6 is 0 Å². The van der Waals surface area contributed by atoms with Gasteiger partial charge in [-0.05, 0) is 51.2 Å². The lowest BCUT2D eigenvalue weighted by Gasteiger charge is -2.29. The number of aliphatic hydroxyl groups excluding tert-OH is 1. The van der Waals surface area contributed by atoms with Gasteiger partial charge < -0.3 is 15.0 Å². The molecule has 1 amide bonds. The molecule has 0 aromatic carbocycles. The first-order chi connectivity index (χ1) is 8.72. The van der Waals surface area contributed by atoms with Gasteiger partial charge in [0.15, 0.2) is 0 Å². The summed E-state index contributed by atoms with van der Waals surface area (Å²) < 4.78 is 2.09. The third kappa shape index (κ3) is 2.93. The van der Waals surface area contributed by atoms with Gasteiger partial charge in [-0.1, -0.05) is 0 Å². The predicted molar refractivity (Wildman–Crippen MR) is 70.6 cm³/mol. The summed E-state index contributed by atoms with van der Waals surface area (Å²) in [7, 11) is 0. The van der Waals surface area contributed by atoms with E-state index in [0.29, 0.717) is 6.04 Å². The molecular formula is C14H22N2O2. The van der Waals surface area contributed by atoms with Gasteiger partial charge in [-0.2, -0.15) is 0 Å². The van der Waals surface area contributed by atoms with Gasteiger partial charge in [0.25, 0.3) is 5.91 Å². The van der Waals surface area contributed by atoms with E-state index in [0.717, 1.165) is 18.5 Å². The molecule has 2 N–H and O–H groups in total. The van der Waals surface area contributed by atoms with Crippen molar-refractivity contribution in [2.45, 2.75) is 51.1 Å². The quantitative estimate of drug-likeness (QED) is 0.812. The molecule has 0 radical (unpaired) electrons. The molecule has 0 saturated heterocycles. The molecule has 1 fully saturated rings. The van der Waals surface area contributed by atoms with E-state index >= 15 is 0 Å². The monoisotopic (exact) mass is 250 g/mol. The molecule has 1 atom stereocenters. The Morgan fingerprint density at radius 3 is 3.00 bits per heavy atom. The minimum absolute atomic E-state index is 0.00246. The van der Waals surface area contributed by atoms with E-state index in [9.17, 15) is 4.79 Å². The van der Waals surface area contributed by atoms with Crippen LogP contribution in [-0.4, -0.2) is 28.2 Å². The molecule has 2 rings (SSSR count). The van der Waals surface area contributed by atoms with Crippen molar-refractivity contribution in [1.82, 2.24) is 9.88 Å². The molecule has 4 nitrogen and oxygen atoms in total. The summed E-state index contributed by atoms with van der Waals surface area (Å²) in [4.78, 5) is 12.2. The summed E-state index contributed by atoms with van der Waals surface area (Å²) in [5, 5.41) is 11.8. The first-order valence-corrected chi connectivity index (χ1v) is 6.81. The van der Waals surface area contributed by atoms with Gasteiger partial charge in [-0.15, -0.1) is 0 Å². The number of nitrogens with zero attached hydrogens (tertiary/aromatic N) is 1. The van der Waals surface area contributed by atoms with Crippen LogP contribution in [0.25, 0.3) is 0 Å². The van der Waals surface area contributed by atoms with Crippen molar-refractivity contribution in [2.75, 3.05) is 6.61 Å². The van der Waals surface area contributed by atoms with Gasteiger partial charge in [0.2, 0.25) is 0 Å². The SMILES string of the molecule is CC(CCCO)NC(=O)c1cccn1C1CCC1. The zero-order valence-electron chi connectivity index (χ0n) is 10.9. The number of carbonyl (C=O) groups is 1. The summed E-state index contributed by atoms with van der Waals surface area (Å²) in [5.74, 6) is -0.00246. The Morgan fingerprint density at radius 1 is 1.61 bits per heavy atom. The highest BCUT2D eigenvalue weighted by atomic mass is 16.3. The summed E-state index contributed by atoms with van der Waals surface area (Å²) >= 11 is 0. The van der Waals surface area contributed by atoms with E-state index < -0.39 is 0 Å². The Bertz CT molecular complexity index is 396. The standard InChI is InChI=1S/C14H22N2O2/c1-11(5-4-10-17)15-14(18)13-8-3-9-16(13)12-6-2-7-12/h3,8-9,11-12,17H,2,4-7,10H2,1H3,(H,15,18). The van der Waals surface area contributed by atoms with Crippen LogP contribution in [0, 0.1) is 0 Å². The number of carbonyl (C=O) groups excluding carboxylic acids is 1. The van der Waals surface area contributed by atoms with Gasteiger partial charge in [-0.3, -0.25) is 4.79 Å². The highest BCUT2D eigenvalue weighted by Gasteiger charge is 2.23. The van der Waals surface area contributed by atoms with Gasteiger partial charge in [0.05, 0.1) is 0 Å². The molecule has 0 spiro atoms.